The third kappa shape index (κ3) is 1.48. The predicted octanol–water partition coefficient (Wildman–Crippen LogP) is 0.459. The SMILES string of the molecule is CCC1CNC(C(=O)O)C1. The molecule has 0 radical (unpaired) electrons. The second-order valence-corrected chi connectivity index (χ2v) is 2.81. The molecular weight excluding hydrogens is 130 g/mol. The molecule has 2 N–H and O–H groups in total. The number of hydrogen-bond donors (Lipinski definition) is 2. The average molecular weight is 143 g/mol. The summed E-state index contributed by atoms with van der Waals surface area (Å²) < 4.78 is 0. The zero-order valence-electron chi connectivity index (χ0n) is 6.13. The molecule has 10 heavy (non-hydrogen) atoms. The third-order valence-electron chi connectivity index (χ3n) is 2.10. The Kier molecular flexibility index (Phi) is 2.27. The molecule has 0 aromatic carbocycles. The zero-order chi connectivity index (χ0) is 7.56. The second kappa shape index (κ2) is 3.01. The summed E-state index contributed by atoms with van der Waals surface area (Å²) in [6, 6.07) is -0.287. The number of hydrogen-bond acceptors (Lipinski definition) is 2. The van der Waals surface area contributed by atoms with Gasteiger partial charge in [0.2, 0.25) is 0 Å². The summed E-state index contributed by atoms with van der Waals surface area (Å²) >= 11 is 0. The summed E-state index contributed by atoms with van der Waals surface area (Å²) in [5.74, 6) is -0.142. The molecule has 0 aromatic rings. The fourth-order valence-electron chi connectivity index (χ4n) is 1.31. The number of carboxylic acids is 1. The molecule has 2 atom stereocenters. The van der Waals surface area contributed by atoms with E-state index in [2.05, 4.69) is 12.2 Å². The first-order valence-electron chi connectivity index (χ1n) is 3.70. The van der Waals surface area contributed by atoms with Crippen molar-refractivity contribution in [1.29, 1.82) is 0 Å². The van der Waals surface area contributed by atoms with E-state index in [1.807, 2.05) is 0 Å². The summed E-state index contributed by atoms with van der Waals surface area (Å²) in [5.41, 5.74) is 0. The minimum absolute atomic E-state index is 0.287. The van der Waals surface area contributed by atoms with Gasteiger partial charge in [-0.3, -0.25) is 4.79 Å². The molecule has 0 bridgehead atoms. The molecule has 1 aliphatic heterocycles. The highest BCUT2D eigenvalue weighted by atomic mass is 16.4. The van der Waals surface area contributed by atoms with Crippen molar-refractivity contribution in [2.45, 2.75) is 25.8 Å². The first kappa shape index (κ1) is 7.54. The van der Waals surface area contributed by atoms with Gasteiger partial charge in [-0.05, 0) is 18.9 Å². The van der Waals surface area contributed by atoms with E-state index in [1.165, 1.54) is 0 Å². The number of nitrogens with one attached hydrogen (secondary N) is 1. The minimum Gasteiger partial charge on any atom is -0.480 e. The lowest BCUT2D eigenvalue weighted by Crippen LogP contribution is -2.29. The molecule has 58 valence electrons. The van der Waals surface area contributed by atoms with E-state index in [4.69, 9.17) is 5.11 Å². The number of aliphatic carboxylic acids is 1. The van der Waals surface area contributed by atoms with Crippen molar-refractivity contribution < 1.29 is 9.90 Å². The Balaban J connectivity index is 2.35. The highest BCUT2D eigenvalue weighted by Gasteiger charge is 2.27. The van der Waals surface area contributed by atoms with Gasteiger partial charge in [0.1, 0.15) is 6.04 Å². The van der Waals surface area contributed by atoms with Crippen LogP contribution in [0.3, 0.4) is 0 Å². The van der Waals surface area contributed by atoms with Gasteiger partial charge in [-0.15, -0.1) is 0 Å². The smallest absolute Gasteiger partial charge is 0.320 e. The highest BCUT2D eigenvalue weighted by Crippen LogP contribution is 2.16. The fourth-order valence-corrected chi connectivity index (χ4v) is 1.31. The van der Waals surface area contributed by atoms with E-state index >= 15 is 0 Å². The van der Waals surface area contributed by atoms with Crippen LogP contribution in [0.4, 0.5) is 0 Å². The van der Waals surface area contributed by atoms with Crippen molar-refractivity contribution in [2.75, 3.05) is 6.54 Å². The Morgan fingerprint density at radius 2 is 2.50 bits per heavy atom. The molecule has 3 heteroatoms. The van der Waals surface area contributed by atoms with Crippen molar-refractivity contribution >= 4 is 5.97 Å². The van der Waals surface area contributed by atoms with Crippen LogP contribution in [0.5, 0.6) is 0 Å². The number of carbonyl (C=O) groups is 1. The van der Waals surface area contributed by atoms with Crippen molar-refractivity contribution in [3.8, 4) is 0 Å². The van der Waals surface area contributed by atoms with E-state index in [0.29, 0.717) is 5.92 Å². The third-order valence-corrected chi connectivity index (χ3v) is 2.10. The molecule has 0 aliphatic carbocycles. The van der Waals surface area contributed by atoms with Crippen LogP contribution < -0.4 is 5.32 Å². The van der Waals surface area contributed by atoms with E-state index < -0.39 is 5.97 Å². The Labute approximate surface area is 60.4 Å². The van der Waals surface area contributed by atoms with Gasteiger partial charge >= 0.3 is 5.97 Å². The quantitative estimate of drug-likeness (QED) is 0.590. The van der Waals surface area contributed by atoms with Crippen molar-refractivity contribution in [1.82, 2.24) is 5.32 Å². The lowest BCUT2D eigenvalue weighted by atomic mass is 10.0. The highest BCUT2D eigenvalue weighted by molar-refractivity contribution is 5.73. The first-order valence-corrected chi connectivity index (χ1v) is 3.70. The van der Waals surface area contributed by atoms with Gasteiger partial charge in [-0.2, -0.15) is 0 Å². The van der Waals surface area contributed by atoms with Crippen molar-refractivity contribution in [2.24, 2.45) is 5.92 Å². The van der Waals surface area contributed by atoms with Crippen LogP contribution in [-0.4, -0.2) is 23.7 Å². The Bertz CT molecular complexity index is 136. The Hall–Kier alpha value is -0.570. The van der Waals surface area contributed by atoms with Gasteiger partial charge in [-0.25, -0.2) is 0 Å². The summed E-state index contributed by atoms with van der Waals surface area (Å²) in [4.78, 5) is 10.4. The summed E-state index contributed by atoms with van der Waals surface area (Å²) in [5, 5.41) is 11.5. The summed E-state index contributed by atoms with van der Waals surface area (Å²) in [6.45, 7) is 2.96. The molecule has 0 saturated carbocycles. The van der Waals surface area contributed by atoms with E-state index in [0.717, 1.165) is 19.4 Å². The molecule has 0 aromatic heterocycles. The minimum atomic E-state index is -0.712. The normalized spacial score (nSPS) is 32.5. The molecule has 0 amide bonds. The van der Waals surface area contributed by atoms with E-state index in [9.17, 15) is 4.79 Å². The van der Waals surface area contributed by atoms with Gasteiger partial charge in [0.15, 0.2) is 0 Å². The molecule has 3 nitrogen and oxygen atoms in total. The van der Waals surface area contributed by atoms with Gasteiger partial charge in [-0.1, -0.05) is 13.3 Å². The predicted molar refractivity (Wildman–Crippen MR) is 37.8 cm³/mol. The molecule has 1 saturated heterocycles. The Morgan fingerprint density at radius 3 is 2.80 bits per heavy atom. The molecule has 1 aliphatic rings. The molecule has 1 fully saturated rings. The van der Waals surface area contributed by atoms with Crippen LogP contribution in [0.25, 0.3) is 0 Å². The second-order valence-electron chi connectivity index (χ2n) is 2.81. The number of carboxylic acid groups (broad SMARTS) is 1. The molecule has 0 spiro atoms. The molecule has 1 heterocycles. The average Bonchev–Trinajstić information content (AvgIpc) is 2.34. The maximum absolute atomic E-state index is 10.4. The lowest BCUT2D eigenvalue weighted by Gasteiger charge is -2.02. The van der Waals surface area contributed by atoms with Crippen molar-refractivity contribution in [3.05, 3.63) is 0 Å². The van der Waals surface area contributed by atoms with Gasteiger partial charge in [0.25, 0.3) is 0 Å². The van der Waals surface area contributed by atoms with Crippen LogP contribution in [0.1, 0.15) is 19.8 Å². The van der Waals surface area contributed by atoms with Gasteiger partial charge in [0, 0.05) is 0 Å². The molecule has 1 rings (SSSR count). The largest absolute Gasteiger partial charge is 0.480 e. The van der Waals surface area contributed by atoms with Gasteiger partial charge < -0.3 is 10.4 Å². The van der Waals surface area contributed by atoms with Crippen LogP contribution in [-0.2, 0) is 4.79 Å². The Morgan fingerprint density at radius 1 is 1.80 bits per heavy atom. The van der Waals surface area contributed by atoms with Crippen LogP contribution in [0.15, 0.2) is 0 Å². The van der Waals surface area contributed by atoms with E-state index in [-0.39, 0.29) is 6.04 Å². The van der Waals surface area contributed by atoms with Crippen molar-refractivity contribution in [3.63, 3.8) is 0 Å². The maximum Gasteiger partial charge on any atom is 0.320 e. The monoisotopic (exact) mass is 143 g/mol. The zero-order valence-corrected chi connectivity index (χ0v) is 6.13. The van der Waals surface area contributed by atoms with Crippen LogP contribution in [0.2, 0.25) is 0 Å². The van der Waals surface area contributed by atoms with Crippen LogP contribution >= 0.6 is 0 Å². The molecular formula is C7H13NO2. The lowest BCUT2D eigenvalue weighted by molar-refractivity contribution is -0.139. The van der Waals surface area contributed by atoms with Crippen LogP contribution in [0, 0.1) is 5.92 Å². The fraction of sp³-hybridized carbons (Fsp3) is 0.857. The topological polar surface area (TPSA) is 49.3 Å². The summed E-state index contributed by atoms with van der Waals surface area (Å²) in [7, 11) is 0. The standard InChI is InChI=1S/C7H13NO2/c1-2-5-3-6(7(9)10)8-4-5/h5-6,8H,2-4H2,1H3,(H,9,10). The molecule has 2 unspecified atom stereocenters. The number of rotatable bonds is 2. The first-order chi connectivity index (χ1) is 4.74. The van der Waals surface area contributed by atoms with E-state index in [1.54, 1.807) is 0 Å². The van der Waals surface area contributed by atoms with Gasteiger partial charge in [0.05, 0.1) is 0 Å². The maximum atomic E-state index is 10.4. The summed E-state index contributed by atoms with van der Waals surface area (Å²) in [6.07, 6.45) is 1.88.